The van der Waals surface area contributed by atoms with Crippen LogP contribution in [0.3, 0.4) is 0 Å². The first-order valence-corrected chi connectivity index (χ1v) is 12.1. The molecule has 140 valence electrons. The van der Waals surface area contributed by atoms with Gasteiger partial charge in [0.1, 0.15) is 21.1 Å². The van der Waals surface area contributed by atoms with E-state index in [1.165, 1.54) is 62.8 Å². The Labute approximate surface area is 154 Å². The van der Waals surface area contributed by atoms with E-state index < -0.39 is 10.1 Å². The molecular formula is C19H28O4S2. The Balaban J connectivity index is 0.000000186. The molecule has 2 fully saturated rings. The molecule has 0 aromatic heterocycles. The third kappa shape index (κ3) is 6.42. The molecule has 0 amide bonds. The molecule has 0 bridgehead atoms. The van der Waals surface area contributed by atoms with Gasteiger partial charge in [0, 0.05) is 5.92 Å². The second kappa shape index (κ2) is 9.74. The molecule has 6 heteroatoms. The van der Waals surface area contributed by atoms with Crippen molar-refractivity contribution in [1.29, 1.82) is 0 Å². The number of carbonyl (C=O) groups is 1. The van der Waals surface area contributed by atoms with E-state index in [9.17, 15) is 17.8 Å². The summed E-state index contributed by atoms with van der Waals surface area (Å²) in [6, 6.07) is 5.78. The van der Waals surface area contributed by atoms with Crippen LogP contribution in [-0.4, -0.2) is 36.0 Å². The van der Waals surface area contributed by atoms with Crippen molar-refractivity contribution in [3.05, 3.63) is 29.8 Å². The molecular weight excluding hydrogens is 356 g/mol. The van der Waals surface area contributed by atoms with Gasteiger partial charge in [-0.25, -0.2) is 8.42 Å². The van der Waals surface area contributed by atoms with Crippen LogP contribution < -0.4 is 0 Å². The monoisotopic (exact) mass is 384 g/mol. The van der Waals surface area contributed by atoms with Crippen LogP contribution in [0.1, 0.15) is 50.5 Å². The first kappa shape index (κ1) is 20.5. The molecule has 0 spiro atoms. The van der Waals surface area contributed by atoms with Gasteiger partial charge in [-0.3, -0.25) is 4.79 Å². The van der Waals surface area contributed by atoms with Crippen LogP contribution in [0.25, 0.3) is 0 Å². The van der Waals surface area contributed by atoms with Crippen LogP contribution in [0, 0.1) is 12.8 Å². The second-order valence-corrected chi connectivity index (χ2v) is 10.7. The van der Waals surface area contributed by atoms with Gasteiger partial charge in [-0.05, 0) is 55.6 Å². The van der Waals surface area contributed by atoms with E-state index in [1.807, 2.05) is 6.92 Å². The maximum Gasteiger partial charge on any atom is 0.169 e. The summed E-state index contributed by atoms with van der Waals surface area (Å²) in [5, 5.41) is 0.931. The second-order valence-electron chi connectivity index (χ2n) is 6.92. The lowest BCUT2D eigenvalue weighted by Gasteiger charge is -2.25. The fourth-order valence-corrected chi connectivity index (χ4v) is 7.02. The van der Waals surface area contributed by atoms with Crippen molar-refractivity contribution in [3.63, 3.8) is 0 Å². The van der Waals surface area contributed by atoms with E-state index in [0.29, 0.717) is 10.9 Å². The molecule has 2 aliphatic rings. The molecule has 1 aliphatic heterocycles. The van der Waals surface area contributed by atoms with E-state index in [4.69, 9.17) is 0 Å². The lowest BCUT2D eigenvalue weighted by molar-refractivity contribution is -0.105. The Morgan fingerprint density at radius 3 is 2.28 bits per heavy atom. The Morgan fingerprint density at radius 1 is 1.08 bits per heavy atom. The molecule has 1 heterocycles. The molecule has 0 radical (unpaired) electrons. The van der Waals surface area contributed by atoms with Gasteiger partial charge in [0.05, 0.1) is 4.90 Å². The number of benzene rings is 1. The summed E-state index contributed by atoms with van der Waals surface area (Å²) in [7, 11) is -3.80. The molecule has 3 rings (SSSR count). The number of rotatable bonds is 4. The predicted octanol–water partition coefficient (Wildman–Crippen LogP) is 3.45. The molecule has 1 aromatic rings. The summed E-state index contributed by atoms with van der Waals surface area (Å²) in [6.07, 6.45) is 11.2. The molecule has 1 aromatic carbocycles. The van der Waals surface area contributed by atoms with Crippen molar-refractivity contribution in [3.8, 4) is 0 Å². The summed E-state index contributed by atoms with van der Waals surface area (Å²) in [5.74, 6) is 3.19. The highest BCUT2D eigenvalue weighted by atomic mass is 32.2. The van der Waals surface area contributed by atoms with Gasteiger partial charge in [-0.1, -0.05) is 37.0 Å². The molecule has 0 N–H and O–H groups in total. The zero-order valence-electron chi connectivity index (χ0n) is 14.9. The molecule has 2 unspecified atom stereocenters. The minimum absolute atomic E-state index is 0.178. The van der Waals surface area contributed by atoms with Gasteiger partial charge in [0.25, 0.3) is 0 Å². The maximum absolute atomic E-state index is 10.6. The molecule has 25 heavy (non-hydrogen) atoms. The first-order valence-electron chi connectivity index (χ1n) is 9.04. The predicted molar refractivity (Wildman–Crippen MR) is 102 cm³/mol. The van der Waals surface area contributed by atoms with E-state index >= 15 is 0 Å². The minimum Gasteiger partial charge on any atom is -0.744 e. The van der Waals surface area contributed by atoms with E-state index in [1.54, 1.807) is 12.1 Å². The van der Waals surface area contributed by atoms with Crippen molar-refractivity contribution in [2.45, 2.75) is 62.0 Å². The first-order chi connectivity index (χ1) is 11.9. The van der Waals surface area contributed by atoms with Crippen LogP contribution in [0.5, 0.6) is 0 Å². The molecule has 1 saturated carbocycles. The lowest BCUT2D eigenvalue weighted by atomic mass is 9.85. The standard InChI is InChI=1S/C12H21OS.C7H8O3S/c13-8-10-14-9-4-7-12(14)11-5-2-1-3-6-11;1-6-2-4-7(5-3-6)11(8,9)10/h8,11-12H,1-7,9-10H2;2-5H,1H3,(H,8,9,10)/q+1;/p-1. The summed E-state index contributed by atoms with van der Waals surface area (Å²) in [5.41, 5.74) is 0.928. The van der Waals surface area contributed by atoms with E-state index in [-0.39, 0.29) is 4.90 Å². The molecule has 4 nitrogen and oxygen atoms in total. The maximum atomic E-state index is 10.6. The topological polar surface area (TPSA) is 74.3 Å². The summed E-state index contributed by atoms with van der Waals surface area (Å²) in [4.78, 5) is 10.4. The van der Waals surface area contributed by atoms with Gasteiger partial charge in [0.15, 0.2) is 12.0 Å². The van der Waals surface area contributed by atoms with Crippen LogP contribution in [0.2, 0.25) is 0 Å². The zero-order valence-corrected chi connectivity index (χ0v) is 16.5. The van der Waals surface area contributed by atoms with Gasteiger partial charge in [0.2, 0.25) is 0 Å². The fraction of sp³-hybridized carbons (Fsp3) is 0.632. The SMILES string of the molecule is Cc1ccc(S(=O)(=O)[O-])cc1.O=CC[S+]1CCCC1C1CCCCC1. The van der Waals surface area contributed by atoms with Gasteiger partial charge >= 0.3 is 0 Å². The van der Waals surface area contributed by atoms with E-state index in [2.05, 4.69) is 0 Å². The van der Waals surface area contributed by atoms with Crippen molar-refractivity contribution in [2.75, 3.05) is 11.5 Å². The largest absolute Gasteiger partial charge is 0.744 e. The Bertz CT molecular complexity index is 634. The number of hydrogen-bond acceptors (Lipinski definition) is 4. The van der Waals surface area contributed by atoms with E-state index in [0.717, 1.165) is 28.8 Å². The highest BCUT2D eigenvalue weighted by Crippen LogP contribution is 2.36. The van der Waals surface area contributed by atoms with Crippen molar-refractivity contribution >= 4 is 27.3 Å². The smallest absolute Gasteiger partial charge is 0.169 e. The van der Waals surface area contributed by atoms with Gasteiger partial charge < -0.3 is 4.55 Å². The molecule has 1 aliphatic carbocycles. The van der Waals surface area contributed by atoms with Crippen LogP contribution in [0.4, 0.5) is 0 Å². The fourth-order valence-electron chi connectivity index (χ4n) is 3.80. The number of hydrogen-bond donors (Lipinski definition) is 0. The van der Waals surface area contributed by atoms with Crippen molar-refractivity contribution < 1.29 is 17.8 Å². The summed E-state index contributed by atoms with van der Waals surface area (Å²) >= 11 is 0. The highest BCUT2D eigenvalue weighted by Gasteiger charge is 2.41. The third-order valence-corrected chi connectivity index (χ3v) is 8.79. The number of aryl methyl sites for hydroxylation is 1. The zero-order chi connectivity index (χ0) is 18.3. The Hall–Kier alpha value is -0.850. The average molecular weight is 385 g/mol. The van der Waals surface area contributed by atoms with Crippen LogP contribution in [0.15, 0.2) is 29.2 Å². The average Bonchev–Trinajstić information content (AvgIpc) is 3.04. The Kier molecular flexibility index (Phi) is 7.97. The summed E-state index contributed by atoms with van der Waals surface area (Å²) in [6.45, 7) is 1.82. The Morgan fingerprint density at radius 2 is 1.72 bits per heavy atom. The highest BCUT2D eigenvalue weighted by molar-refractivity contribution is 7.98. The van der Waals surface area contributed by atoms with Gasteiger partial charge in [-0.2, -0.15) is 0 Å². The molecule has 2 atom stereocenters. The normalized spacial score (nSPS) is 24.4. The lowest BCUT2D eigenvalue weighted by Crippen LogP contribution is -2.30. The van der Waals surface area contributed by atoms with Crippen LogP contribution >= 0.6 is 0 Å². The van der Waals surface area contributed by atoms with Crippen LogP contribution in [-0.2, 0) is 25.8 Å². The summed E-state index contributed by atoms with van der Waals surface area (Å²) < 4.78 is 31.2. The molecule has 1 saturated heterocycles. The minimum atomic E-state index is -4.27. The number of aldehydes is 1. The quantitative estimate of drug-likeness (QED) is 0.453. The third-order valence-electron chi connectivity index (χ3n) is 5.09. The number of carbonyl (C=O) groups excluding carboxylic acids is 1. The van der Waals surface area contributed by atoms with Crippen molar-refractivity contribution in [1.82, 2.24) is 0 Å². The van der Waals surface area contributed by atoms with Crippen molar-refractivity contribution in [2.24, 2.45) is 5.92 Å². The van der Waals surface area contributed by atoms with Gasteiger partial charge in [-0.15, -0.1) is 0 Å².